The third kappa shape index (κ3) is 34.5. The van der Waals surface area contributed by atoms with E-state index < -0.39 is 26.5 Å². The van der Waals surface area contributed by atoms with Crippen molar-refractivity contribution in [2.45, 2.75) is 200 Å². The molecule has 0 heterocycles. The van der Waals surface area contributed by atoms with E-state index >= 15 is 0 Å². The minimum absolute atomic E-state index is 0.00166. The zero-order chi connectivity index (χ0) is 34.7. The van der Waals surface area contributed by atoms with Gasteiger partial charge in [-0.15, -0.1) is 0 Å². The fourth-order valence-corrected chi connectivity index (χ4v) is 6.19. The molecule has 0 saturated heterocycles. The fraction of sp³-hybridized carbons (Fsp3) is 0.895. The van der Waals surface area contributed by atoms with Crippen LogP contribution in [0.2, 0.25) is 0 Å². The lowest BCUT2D eigenvalue weighted by atomic mass is 10.0. The highest BCUT2D eigenvalue weighted by Crippen LogP contribution is 2.43. The van der Waals surface area contributed by atoms with Crippen LogP contribution in [0, 0.1) is 0 Å². The van der Waals surface area contributed by atoms with Crippen LogP contribution in [-0.4, -0.2) is 42.8 Å². The number of allylic oxidation sites excluding steroid dienone is 2. The summed E-state index contributed by atoms with van der Waals surface area (Å²) in [6.07, 6.45) is 34.1. The van der Waals surface area contributed by atoms with Gasteiger partial charge < -0.3 is 14.4 Å². The summed E-state index contributed by atoms with van der Waals surface area (Å²) in [5.41, 5.74) is 0. The van der Waals surface area contributed by atoms with Gasteiger partial charge in [-0.3, -0.25) is 18.6 Å². The topological polar surface area (TPSA) is 108 Å². The highest BCUT2D eigenvalue weighted by molar-refractivity contribution is 7.47. The van der Waals surface area contributed by atoms with Crippen molar-refractivity contribution in [3.8, 4) is 0 Å². The smallest absolute Gasteiger partial charge is 0.462 e. The second-order valence-corrected chi connectivity index (χ2v) is 14.4. The first-order valence-electron chi connectivity index (χ1n) is 19.5. The Morgan fingerprint density at radius 1 is 0.553 bits per heavy atom. The van der Waals surface area contributed by atoms with E-state index in [9.17, 15) is 19.0 Å². The van der Waals surface area contributed by atoms with Crippen molar-refractivity contribution in [1.29, 1.82) is 0 Å². The molecule has 278 valence electrons. The summed E-state index contributed by atoms with van der Waals surface area (Å²) in [4.78, 5) is 34.5. The van der Waals surface area contributed by atoms with Gasteiger partial charge in [-0.2, -0.15) is 0 Å². The molecule has 0 radical (unpaired) electrons. The van der Waals surface area contributed by atoms with Crippen LogP contribution in [0.25, 0.3) is 0 Å². The standard InChI is InChI=1S/C38H73O8P/c1-4-7-9-11-13-15-17-18-19-20-21-23-24-26-28-30-32-37(39)43-34-36(35-45-47(41,42)44-6-3)46-38(40)33-31-29-27-25-22-16-14-12-10-8-5-2/h12,14,36H,4-11,13,15-35H2,1-3H3,(H,41,42)/b14-12-. The Bertz CT molecular complexity index is 788. The lowest BCUT2D eigenvalue weighted by Gasteiger charge is -2.19. The summed E-state index contributed by atoms with van der Waals surface area (Å²) >= 11 is 0. The highest BCUT2D eigenvalue weighted by atomic mass is 31.2. The van der Waals surface area contributed by atoms with Crippen LogP contribution in [-0.2, 0) is 32.7 Å². The lowest BCUT2D eigenvalue weighted by molar-refractivity contribution is -0.161. The maximum absolute atomic E-state index is 12.5. The van der Waals surface area contributed by atoms with Crippen molar-refractivity contribution in [3.05, 3.63) is 12.2 Å². The van der Waals surface area contributed by atoms with Crippen LogP contribution in [0.15, 0.2) is 12.2 Å². The zero-order valence-corrected chi connectivity index (χ0v) is 31.6. The molecule has 0 amide bonds. The van der Waals surface area contributed by atoms with Crippen LogP contribution in [0.4, 0.5) is 0 Å². The third-order valence-corrected chi connectivity index (χ3v) is 9.38. The molecule has 0 aromatic heterocycles. The van der Waals surface area contributed by atoms with Gasteiger partial charge in [0.15, 0.2) is 6.10 Å². The van der Waals surface area contributed by atoms with Gasteiger partial charge in [0.2, 0.25) is 0 Å². The number of esters is 2. The number of carbonyl (C=O) groups is 2. The van der Waals surface area contributed by atoms with Crippen molar-refractivity contribution >= 4 is 19.8 Å². The summed E-state index contributed by atoms with van der Waals surface area (Å²) in [6.45, 7) is 5.43. The average molecular weight is 689 g/mol. The lowest BCUT2D eigenvalue weighted by Crippen LogP contribution is -2.29. The average Bonchev–Trinajstić information content (AvgIpc) is 3.04. The van der Waals surface area contributed by atoms with Crippen LogP contribution < -0.4 is 0 Å². The quantitative estimate of drug-likeness (QED) is 0.0300. The Balaban J connectivity index is 4.09. The van der Waals surface area contributed by atoms with Crippen molar-refractivity contribution in [2.75, 3.05) is 19.8 Å². The molecule has 1 N–H and O–H groups in total. The molecule has 0 spiro atoms. The second-order valence-electron chi connectivity index (χ2n) is 13.0. The fourth-order valence-electron chi connectivity index (χ4n) is 5.43. The predicted molar refractivity (Wildman–Crippen MR) is 193 cm³/mol. The number of unbranched alkanes of at least 4 members (excludes halogenated alkanes) is 22. The van der Waals surface area contributed by atoms with E-state index in [0.717, 1.165) is 57.8 Å². The normalized spacial score (nSPS) is 13.5. The van der Waals surface area contributed by atoms with Gasteiger partial charge in [0, 0.05) is 12.8 Å². The number of carbonyl (C=O) groups excluding carboxylic acids is 2. The third-order valence-electron chi connectivity index (χ3n) is 8.32. The van der Waals surface area contributed by atoms with Crippen LogP contribution >= 0.6 is 7.82 Å². The molecule has 0 saturated carbocycles. The number of hydrogen-bond donors (Lipinski definition) is 1. The van der Waals surface area contributed by atoms with Crippen LogP contribution in [0.1, 0.15) is 194 Å². The summed E-state index contributed by atoms with van der Waals surface area (Å²) in [7, 11) is -4.27. The van der Waals surface area contributed by atoms with Gasteiger partial charge in [-0.1, -0.05) is 154 Å². The summed E-state index contributed by atoms with van der Waals surface area (Å²) in [6, 6.07) is 0. The molecule has 0 rings (SSSR count). The van der Waals surface area contributed by atoms with Gasteiger partial charge in [-0.05, 0) is 39.0 Å². The molecule has 47 heavy (non-hydrogen) atoms. The molecule has 8 nitrogen and oxygen atoms in total. The number of phosphoric acid groups is 1. The molecule has 2 atom stereocenters. The number of rotatable bonds is 36. The maximum atomic E-state index is 12.5. The molecule has 0 aliphatic rings. The molecule has 9 heteroatoms. The monoisotopic (exact) mass is 689 g/mol. The number of phosphoric ester groups is 1. The van der Waals surface area contributed by atoms with E-state index in [-0.39, 0.29) is 25.6 Å². The maximum Gasteiger partial charge on any atom is 0.472 e. The van der Waals surface area contributed by atoms with E-state index in [1.165, 1.54) is 96.3 Å². The largest absolute Gasteiger partial charge is 0.472 e. The van der Waals surface area contributed by atoms with Crippen LogP contribution in [0.3, 0.4) is 0 Å². The Kier molecular flexibility index (Phi) is 33.8. The van der Waals surface area contributed by atoms with Gasteiger partial charge >= 0.3 is 19.8 Å². The minimum atomic E-state index is -4.27. The Hall–Kier alpha value is -1.21. The predicted octanol–water partition coefficient (Wildman–Crippen LogP) is 11.7. The van der Waals surface area contributed by atoms with Gasteiger partial charge in [-0.25, -0.2) is 4.57 Å². The van der Waals surface area contributed by atoms with E-state index in [0.29, 0.717) is 12.8 Å². The second kappa shape index (κ2) is 34.6. The van der Waals surface area contributed by atoms with Gasteiger partial charge in [0.05, 0.1) is 13.2 Å². The molecule has 0 aliphatic carbocycles. The van der Waals surface area contributed by atoms with E-state index in [2.05, 4.69) is 26.0 Å². The first kappa shape index (κ1) is 45.8. The van der Waals surface area contributed by atoms with Crippen molar-refractivity contribution in [2.24, 2.45) is 0 Å². The van der Waals surface area contributed by atoms with E-state index in [4.69, 9.17) is 18.5 Å². The number of ether oxygens (including phenoxy) is 2. The molecule has 0 aliphatic heterocycles. The molecular weight excluding hydrogens is 615 g/mol. The molecular formula is C38H73O8P. The summed E-state index contributed by atoms with van der Waals surface area (Å²) in [5.74, 6) is -0.802. The summed E-state index contributed by atoms with van der Waals surface area (Å²) < 4.78 is 32.5. The van der Waals surface area contributed by atoms with Gasteiger partial charge in [0.1, 0.15) is 6.61 Å². The van der Waals surface area contributed by atoms with Crippen molar-refractivity contribution in [3.63, 3.8) is 0 Å². The molecule has 0 bridgehead atoms. The van der Waals surface area contributed by atoms with Crippen LogP contribution in [0.5, 0.6) is 0 Å². The Morgan fingerprint density at radius 3 is 1.47 bits per heavy atom. The Labute approximate surface area is 289 Å². The van der Waals surface area contributed by atoms with Gasteiger partial charge in [0.25, 0.3) is 0 Å². The van der Waals surface area contributed by atoms with Crippen molar-refractivity contribution < 1.29 is 37.6 Å². The van der Waals surface area contributed by atoms with E-state index in [1.807, 2.05) is 0 Å². The molecule has 2 unspecified atom stereocenters. The zero-order valence-electron chi connectivity index (χ0n) is 30.7. The first-order chi connectivity index (χ1) is 22.8. The number of hydrogen-bond acceptors (Lipinski definition) is 7. The molecule has 0 fully saturated rings. The van der Waals surface area contributed by atoms with Crippen molar-refractivity contribution in [1.82, 2.24) is 0 Å². The first-order valence-corrected chi connectivity index (χ1v) is 21.0. The van der Waals surface area contributed by atoms with E-state index in [1.54, 1.807) is 6.92 Å². The highest BCUT2D eigenvalue weighted by Gasteiger charge is 2.25. The summed E-state index contributed by atoms with van der Waals surface area (Å²) in [5, 5.41) is 0. The molecule has 0 aromatic rings. The molecule has 0 aromatic carbocycles. The SMILES string of the molecule is CCCC/C=C\CCCCCCCC(=O)OC(COC(=O)CCCCCCCCCCCCCCCCCC)COP(=O)(O)OCC. The Morgan fingerprint density at radius 2 is 0.979 bits per heavy atom. The minimum Gasteiger partial charge on any atom is -0.462 e.